The normalized spacial score (nSPS) is 13.3. The Morgan fingerprint density at radius 2 is 1.75 bits per heavy atom. The minimum absolute atomic E-state index is 0.252. The van der Waals surface area contributed by atoms with Gasteiger partial charge in [-0.2, -0.15) is 5.10 Å². The van der Waals surface area contributed by atoms with Gasteiger partial charge >= 0.3 is 5.97 Å². The number of hydrogen-bond acceptors (Lipinski definition) is 3. The second-order valence-electron chi connectivity index (χ2n) is 8.17. The van der Waals surface area contributed by atoms with Crippen molar-refractivity contribution >= 4 is 5.97 Å². The van der Waals surface area contributed by atoms with Crippen LogP contribution >= 0.6 is 0 Å². The number of aromatic nitrogens is 2. The Balaban J connectivity index is 1.54. The zero-order valence-electron chi connectivity index (χ0n) is 17.6. The third kappa shape index (κ3) is 3.69. The molecule has 1 aliphatic heterocycles. The summed E-state index contributed by atoms with van der Waals surface area (Å²) in [6.45, 7) is 1.97. The first-order chi connectivity index (χ1) is 15.5. The Labute approximate surface area is 185 Å². The fourth-order valence-corrected chi connectivity index (χ4v) is 4.35. The summed E-state index contributed by atoms with van der Waals surface area (Å²) in [6.07, 6.45) is 0. The number of carboxylic acids is 1. The molecule has 160 valence electrons. The van der Waals surface area contributed by atoms with Crippen LogP contribution in [0, 0.1) is 5.82 Å². The summed E-state index contributed by atoms with van der Waals surface area (Å²) in [5.41, 5.74) is 6.46. The summed E-state index contributed by atoms with van der Waals surface area (Å²) in [4.78, 5) is 13.5. The fourth-order valence-electron chi connectivity index (χ4n) is 4.35. The molecule has 2 heterocycles. The molecule has 0 bridgehead atoms. The van der Waals surface area contributed by atoms with E-state index in [0.29, 0.717) is 12.1 Å². The standard InChI is InChI=1S/C26H22FN3O2/c1-29-15-22-24(16-29)28-30(25(22)21-10-2-3-11-23(21)27)14-17-6-4-7-18(12-17)19-8-5-9-20(13-19)26(31)32/h2-13H,14-16H2,1H3,(H,31,32). The second kappa shape index (κ2) is 8.05. The van der Waals surface area contributed by atoms with Crippen molar-refractivity contribution in [3.8, 4) is 22.4 Å². The van der Waals surface area contributed by atoms with E-state index in [1.165, 1.54) is 6.07 Å². The van der Waals surface area contributed by atoms with Gasteiger partial charge in [-0.15, -0.1) is 0 Å². The quantitative estimate of drug-likeness (QED) is 0.484. The average molecular weight is 427 g/mol. The van der Waals surface area contributed by atoms with Crippen LogP contribution < -0.4 is 0 Å². The van der Waals surface area contributed by atoms with Crippen molar-refractivity contribution in [3.63, 3.8) is 0 Å². The van der Waals surface area contributed by atoms with Crippen molar-refractivity contribution in [2.45, 2.75) is 19.6 Å². The maximum atomic E-state index is 14.7. The lowest BCUT2D eigenvalue weighted by Crippen LogP contribution is -2.13. The van der Waals surface area contributed by atoms with Crippen molar-refractivity contribution in [2.75, 3.05) is 7.05 Å². The van der Waals surface area contributed by atoms with Gasteiger partial charge in [0.25, 0.3) is 0 Å². The Morgan fingerprint density at radius 3 is 2.53 bits per heavy atom. The van der Waals surface area contributed by atoms with E-state index in [0.717, 1.165) is 46.7 Å². The van der Waals surface area contributed by atoms with Gasteiger partial charge in [-0.25, -0.2) is 9.18 Å². The summed E-state index contributed by atoms with van der Waals surface area (Å²) >= 11 is 0. The van der Waals surface area contributed by atoms with Gasteiger partial charge in [0.15, 0.2) is 0 Å². The molecule has 6 heteroatoms. The maximum Gasteiger partial charge on any atom is 0.335 e. The molecule has 0 aliphatic carbocycles. The lowest BCUT2D eigenvalue weighted by molar-refractivity contribution is 0.0697. The molecule has 0 saturated heterocycles. The summed E-state index contributed by atoms with van der Waals surface area (Å²) in [7, 11) is 2.03. The molecule has 5 rings (SSSR count). The number of aromatic carboxylic acids is 1. The van der Waals surface area contributed by atoms with Gasteiger partial charge < -0.3 is 5.11 Å². The van der Waals surface area contributed by atoms with E-state index >= 15 is 0 Å². The van der Waals surface area contributed by atoms with Gasteiger partial charge in [0.1, 0.15) is 5.82 Å². The highest BCUT2D eigenvalue weighted by Crippen LogP contribution is 2.34. The number of carboxylic acid groups (broad SMARTS) is 1. The Morgan fingerprint density at radius 1 is 1.00 bits per heavy atom. The van der Waals surface area contributed by atoms with Gasteiger partial charge in [0, 0.05) is 24.2 Å². The van der Waals surface area contributed by atoms with Crippen LogP contribution in [0.15, 0.2) is 72.8 Å². The van der Waals surface area contributed by atoms with Crippen LogP contribution in [0.25, 0.3) is 22.4 Å². The molecule has 0 amide bonds. The molecule has 1 N–H and O–H groups in total. The van der Waals surface area contributed by atoms with Gasteiger partial charge in [0.05, 0.1) is 23.5 Å². The van der Waals surface area contributed by atoms with Gasteiger partial charge in [-0.3, -0.25) is 9.58 Å². The van der Waals surface area contributed by atoms with E-state index in [-0.39, 0.29) is 11.4 Å². The van der Waals surface area contributed by atoms with Crippen molar-refractivity contribution < 1.29 is 14.3 Å². The topological polar surface area (TPSA) is 58.4 Å². The number of benzene rings is 3. The van der Waals surface area contributed by atoms with E-state index in [2.05, 4.69) is 4.90 Å². The van der Waals surface area contributed by atoms with Crippen molar-refractivity contribution in [1.82, 2.24) is 14.7 Å². The number of hydrogen-bond donors (Lipinski definition) is 1. The van der Waals surface area contributed by atoms with Crippen LogP contribution in [0.4, 0.5) is 4.39 Å². The Hall–Kier alpha value is -3.77. The molecule has 4 aromatic rings. The van der Waals surface area contributed by atoms with Crippen LogP contribution in [-0.2, 0) is 19.6 Å². The average Bonchev–Trinajstić information content (AvgIpc) is 3.30. The van der Waals surface area contributed by atoms with Crippen molar-refractivity contribution in [3.05, 3.63) is 101 Å². The molecule has 32 heavy (non-hydrogen) atoms. The number of halogens is 1. The highest BCUT2D eigenvalue weighted by atomic mass is 19.1. The third-order valence-electron chi connectivity index (χ3n) is 5.81. The van der Waals surface area contributed by atoms with E-state index in [1.54, 1.807) is 30.3 Å². The molecular weight excluding hydrogens is 405 g/mol. The molecule has 3 aromatic carbocycles. The summed E-state index contributed by atoms with van der Waals surface area (Å²) < 4.78 is 16.6. The van der Waals surface area contributed by atoms with Crippen LogP contribution in [0.5, 0.6) is 0 Å². The van der Waals surface area contributed by atoms with Gasteiger partial charge in [-0.05, 0) is 54.1 Å². The van der Waals surface area contributed by atoms with Crippen LogP contribution in [0.1, 0.15) is 27.2 Å². The minimum Gasteiger partial charge on any atom is -0.478 e. The van der Waals surface area contributed by atoms with Gasteiger partial charge in [-0.1, -0.05) is 42.5 Å². The highest BCUT2D eigenvalue weighted by Gasteiger charge is 2.27. The minimum atomic E-state index is -0.950. The lowest BCUT2D eigenvalue weighted by atomic mass is 10.0. The number of rotatable bonds is 5. The smallest absolute Gasteiger partial charge is 0.335 e. The van der Waals surface area contributed by atoms with Crippen molar-refractivity contribution in [1.29, 1.82) is 0 Å². The van der Waals surface area contributed by atoms with E-state index in [4.69, 9.17) is 5.10 Å². The van der Waals surface area contributed by atoms with Crippen LogP contribution in [0.2, 0.25) is 0 Å². The van der Waals surface area contributed by atoms with Crippen molar-refractivity contribution in [2.24, 2.45) is 0 Å². The molecule has 1 aromatic heterocycles. The predicted molar refractivity (Wildman–Crippen MR) is 121 cm³/mol. The van der Waals surface area contributed by atoms with Crippen LogP contribution in [-0.4, -0.2) is 32.8 Å². The third-order valence-corrected chi connectivity index (χ3v) is 5.81. The lowest BCUT2D eigenvalue weighted by Gasteiger charge is -2.14. The van der Waals surface area contributed by atoms with Crippen LogP contribution in [0.3, 0.4) is 0 Å². The summed E-state index contributed by atoms with van der Waals surface area (Å²) in [5.74, 6) is -1.21. The maximum absolute atomic E-state index is 14.7. The largest absolute Gasteiger partial charge is 0.478 e. The number of carbonyl (C=O) groups is 1. The molecule has 5 nitrogen and oxygen atoms in total. The second-order valence-corrected chi connectivity index (χ2v) is 8.17. The molecule has 1 aliphatic rings. The number of nitrogens with zero attached hydrogens (tertiary/aromatic N) is 3. The predicted octanol–water partition coefficient (Wildman–Crippen LogP) is 5.05. The zero-order chi connectivity index (χ0) is 22.2. The van der Waals surface area contributed by atoms with E-state index in [9.17, 15) is 14.3 Å². The first-order valence-electron chi connectivity index (χ1n) is 10.4. The highest BCUT2D eigenvalue weighted by molar-refractivity contribution is 5.89. The van der Waals surface area contributed by atoms with Gasteiger partial charge in [0.2, 0.25) is 0 Å². The molecule has 0 fully saturated rings. The Bertz CT molecular complexity index is 1330. The monoisotopic (exact) mass is 427 g/mol. The van der Waals surface area contributed by atoms with E-state index < -0.39 is 5.97 Å². The fraction of sp³-hybridized carbons (Fsp3) is 0.154. The molecule has 0 saturated carbocycles. The Kier molecular flexibility index (Phi) is 5.07. The molecule has 0 spiro atoms. The molecule has 0 atom stereocenters. The first-order valence-corrected chi connectivity index (χ1v) is 10.4. The summed E-state index contributed by atoms with van der Waals surface area (Å²) in [6, 6.07) is 21.7. The number of fused-ring (bicyclic) bond motifs is 1. The first kappa shape index (κ1) is 20.2. The van der Waals surface area contributed by atoms with E-state index in [1.807, 2.05) is 48.1 Å². The summed E-state index contributed by atoms with van der Waals surface area (Å²) in [5, 5.41) is 14.1. The molecular formula is C26H22FN3O2. The molecule has 0 unspecified atom stereocenters. The molecule has 0 radical (unpaired) electrons. The zero-order valence-corrected chi connectivity index (χ0v) is 17.6. The SMILES string of the molecule is CN1Cc2nn(Cc3cccc(-c4cccc(C(=O)O)c4)c3)c(-c3ccccc3F)c2C1.